The zero-order valence-corrected chi connectivity index (χ0v) is 72.5. The smallest absolute Gasteiger partial charge is 0.456 e. The highest BCUT2D eigenvalue weighted by Crippen LogP contribution is 2.43. The van der Waals surface area contributed by atoms with E-state index in [0.29, 0.717) is 47.5 Å². The maximum absolute atomic E-state index is 15.0. The molecule has 736 valence electrons. The van der Waals surface area contributed by atoms with E-state index in [9.17, 15) is 144 Å². The summed E-state index contributed by atoms with van der Waals surface area (Å²) in [5, 5.41) is 8.55. The minimum atomic E-state index is -5.28. The maximum atomic E-state index is 15.0. The van der Waals surface area contributed by atoms with Gasteiger partial charge in [-0.1, -0.05) is 23.2 Å². The summed E-state index contributed by atoms with van der Waals surface area (Å²) in [7, 11) is 0. The van der Waals surface area contributed by atoms with Gasteiger partial charge >= 0.3 is 38.0 Å². The van der Waals surface area contributed by atoms with Crippen LogP contribution < -0.4 is 63.9 Å². The van der Waals surface area contributed by atoms with Gasteiger partial charge in [0.2, 0.25) is 0 Å². The number of benzene rings is 8. The number of carbonyl (C=O) groups excluding carboxylic acids is 8. The van der Waals surface area contributed by atoms with Crippen molar-refractivity contribution in [2.75, 3.05) is 21.3 Å². The fourth-order valence-electron chi connectivity index (χ4n) is 11.2. The minimum absolute atomic E-state index is 0.0132. The van der Waals surface area contributed by atoms with Crippen LogP contribution in [0.2, 0.25) is 10.0 Å². The topological polar surface area (TPSA) is 319 Å². The van der Waals surface area contributed by atoms with Crippen LogP contribution in [0.3, 0.4) is 0 Å². The minimum Gasteiger partial charge on any atom is -0.456 e. The predicted octanol–water partition coefficient (Wildman–Crippen LogP) is 25.9. The summed E-state index contributed by atoms with van der Waals surface area (Å²) in [5.41, 5.74) is -3.77. The number of hydrogen-bond donors (Lipinski definition) is 4. The fourth-order valence-corrected chi connectivity index (χ4v) is 11.5. The SMILES string of the molecule is CC(=O)c1cc(NC(=O)c2c(Oc3ccc(OC(F)(F)F)c(F)c3)ccc(C(F)(F)F)c2F)c(C)cn1.CC(=O)c1cc(NC(=O)c2c(Oc3ccc(OC(F)(F)F)c(F)c3)ccc(Cl)c2F)c(C)cn1.CC(=O)c1cc(NC(=O)c2c(Oc3ccc(OC(F)(F)F)cc3)ccc(Cl)c2F)c(C)cn1.CC(=O)c1cc(NC(=O)c2c(Oc3ccc(OC(F)(F)F)cc3)ccc(OC(F)(F)F)c2F)ccn1. The Hall–Kier alpha value is -16.0. The van der Waals surface area contributed by atoms with Gasteiger partial charge in [0, 0.05) is 87.4 Å². The van der Waals surface area contributed by atoms with Crippen molar-refractivity contribution < 1.29 is 186 Å². The van der Waals surface area contributed by atoms with Gasteiger partial charge in [-0.2, -0.15) is 13.2 Å². The number of anilines is 4. The number of nitrogens with zero attached hydrogens (tertiary/aromatic N) is 4. The molecule has 0 radical (unpaired) electrons. The molecule has 4 N–H and O–H groups in total. The number of Topliss-reactive ketones (excluding diaryl/α,β-unsaturated/α-hetero) is 4. The Morgan fingerprint density at radius 1 is 0.286 bits per heavy atom. The van der Waals surface area contributed by atoms with Gasteiger partial charge in [0.1, 0.15) is 103 Å². The van der Waals surface area contributed by atoms with Gasteiger partial charge in [-0.15, -0.1) is 65.9 Å². The number of ether oxygens (including phenoxy) is 9. The van der Waals surface area contributed by atoms with Crippen LogP contribution in [0.5, 0.6) is 74.7 Å². The highest BCUT2D eigenvalue weighted by atomic mass is 35.5. The third kappa shape index (κ3) is 30.5. The Labute approximate surface area is 779 Å². The van der Waals surface area contributed by atoms with E-state index in [1.807, 2.05) is 0 Å². The lowest BCUT2D eigenvalue weighted by Gasteiger charge is -2.17. The Morgan fingerprint density at radius 2 is 0.557 bits per heavy atom. The second-order valence-electron chi connectivity index (χ2n) is 27.9. The second-order valence-corrected chi connectivity index (χ2v) is 28.7. The number of aromatic nitrogens is 4. The van der Waals surface area contributed by atoms with Crippen LogP contribution in [0.25, 0.3) is 0 Å². The Balaban J connectivity index is 0.000000209. The molecule has 0 aliphatic carbocycles. The number of carbonyl (C=O) groups is 8. The molecule has 0 atom stereocenters. The molecule has 12 rings (SSSR count). The van der Waals surface area contributed by atoms with Gasteiger partial charge in [-0.05, 0) is 189 Å². The lowest BCUT2D eigenvalue weighted by molar-refractivity contribution is -0.276. The van der Waals surface area contributed by atoms with E-state index in [1.54, 1.807) is 13.8 Å². The summed E-state index contributed by atoms with van der Waals surface area (Å²) in [4.78, 5) is 113. The van der Waals surface area contributed by atoms with Crippen LogP contribution in [0.1, 0.15) is 133 Å². The van der Waals surface area contributed by atoms with Crippen molar-refractivity contribution >= 4 is 92.7 Å². The lowest BCUT2D eigenvalue weighted by atomic mass is 10.1. The van der Waals surface area contributed by atoms with Crippen molar-refractivity contribution in [3.05, 3.63) is 301 Å². The van der Waals surface area contributed by atoms with Gasteiger partial charge < -0.3 is 63.9 Å². The summed E-state index contributed by atoms with van der Waals surface area (Å²) in [6, 6.07) is 24.8. The van der Waals surface area contributed by atoms with Crippen molar-refractivity contribution in [3.8, 4) is 74.7 Å². The van der Waals surface area contributed by atoms with E-state index >= 15 is 0 Å². The molecule has 0 bridgehead atoms. The molecule has 140 heavy (non-hydrogen) atoms. The summed E-state index contributed by atoms with van der Waals surface area (Å²) in [6.45, 7) is 9.61. The zero-order valence-electron chi connectivity index (χ0n) is 71.0. The summed E-state index contributed by atoms with van der Waals surface area (Å²) in [5.74, 6) is -23.2. The zero-order chi connectivity index (χ0) is 104. The molecule has 0 saturated heterocycles. The number of amides is 4. The number of alkyl halides is 18. The molecule has 4 aromatic heterocycles. The first-order valence-electron chi connectivity index (χ1n) is 38.2. The first kappa shape index (κ1) is 108. The highest BCUT2D eigenvalue weighted by Gasteiger charge is 2.41. The average molecular weight is 2040 g/mol. The fraction of sp³-hybridized carbons (Fsp3) is 0.146. The van der Waals surface area contributed by atoms with E-state index in [4.69, 9.17) is 42.1 Å². The summed E-state index contributed by atoms with van der Waals surface area (Å²) in [6.07, 6.45) is -25.6. The number of halogens is 26. The third-order valence-corrected chi connectivity index (χ3v) is 18.1. The Kier molecular flexibility index (Phi) is 34.2. The van der Waals surface area contributed by atoms with E-state index in [1.165, 1.54) is 77.5 Å². The van der Waals surface area contributed by atoms with E-state index < -0.39 is 193 Å². The van der Waals surface area contributed by atoms with Crippen LogP contribution >= 0.6 is 23.2 Å². The van der Waals surface area contributed by atoms with Crippen molar-refractivity contribution in [1.29, 1.82) is 0 Å². The van der Waals surface area contributed by atoms with Crippen LogP contribution in [0, 0.1) is 55.7 Å². The molecule has 4 heterocycles. The molecule has 0 aliphatic heterocycles. The largest absolute Gasteiger partial charge is 0.573 e. The van der Waals surface area contributed by atoms with E-state index in [0.717, 1.165) is 103 Å². The standard InChI is InChI=1S/C23H14F8N2O4.C22H14ClF5N2O4.C22H15ClF4N2O4.C22H13F7N2O5/c1-10-9-32-16(11(2)34)8-15(10)33-21(35)19-18(6-4-13(20(19)25)22(26,27)28)36-12-3-5-17(14(24)7-12)37-23(29,30)31;1-10-9-29-16(11(2)31)8-15(10)30-21(32)19-18(6-4-13(23)20(19)25)33-12-3-5-17(14(24)7-12)34-22(26,27)28;1-11-10-28-17(12(2)30)9-16(11)29-21(31)19-18(8-7-15(23)20(19)24)32-13-3-5-14(6-4-13)33-22(25,26)27;1-11(32)15-10-12(8-9-30-15)31-20(33)18-16(6-7-17(19(18)23)36-22(27,28)29)34-13-2-4-14(5-3-13)35-21(24,25)26/h3-9H,1-2H3,(H,32,33,35);3-9H,1-2H3,(H,29,30,32);3-10H,1-2H3,(H,28,29,31);2-10H,1H3,(H,30,31,33). The van der Waals surface area contributed by atoms with Crippen LogP contribution in [0.4, 0.5) is 128 Å². The number of ketones is 4. The van der Waals surface area contributed by atoms with Crippen LogP contribution in [-0.2, 0) is 6.18 Å². The van der Waals surface area contributed by atoms with E-state index in [2.05, 4.69) is 64.9 Å². The summed E-state index contributed by atoms with van der Waals surface area (Å²) >= 11 is 11.6. The molecule has 0 unspecified atom stereocenters. The first-order chi connectivity index (χ1) is 65.1. The normalized spacial score (nSPS) is 11.4. The molecule has 12 aromatic rings. The Morgan fingerprint density at radius 3 is 0.886 bits per heavy atom. The molecule has 51 heteroatoms. The molecule has 0 aliphatic rings. The molecule has 0 fully saturated rings. The lowest BCUT2D eigenvalue weighted by Crippen LogP contribution is -2.20. The van der Waals surface area contributed by atoms with E-state index in [-0.39, 0.29) is 96.7 Å². The maximum Gasteiger partial charge on any atom is 0.573 e. The number of nitrogens with one attached hydrogen (secondary N) is 4. The molecular formula is C89H56Cl2F24N8O17. The van der Waals surface area contributed by atoms with Gasteiger partial charge in [0.15, 0.2) is 75.3 Å². The number of pyridine rings is 4. The van der Waals surface area contributed by atoms with Crippen molar-refractivity contribution in [2.45, 2.75) is 86.5 Å². The van der Waals surface area contributed by atoms with Crippen LogP contribution in [0.15, 0.2) is 189 Å². The number of rotatable bonds is 25. The van der Waals surface area contributed by atoms with Crippen molar-refractivity contribution in [2.24, 2.45) is 0 Å². The molecule has 0 spiro atoms. The monoisotopic (exact) mass is 2030 g/mol. The Bertz CT molecular complexity index is 6730. The molecule has 4 amide bonds. The van der Waals surface area contributed by atoms with Crippen molar-refractivity contribution in [3.63, 3.8) is 0 Å². The molecule has 25 nitrogen and oxygen atoms in total. The predicted molar refractivity (Wildman–Crippen MR) is 443 cm³/mol. The highest BCUT2D eigenvalue weighted by molar-refractivity contribution is 6.32. The molecular weight excluding hydrogens is 1980 g/mol. The van der Waals surface area contributed by atoms with Gasteiger partial charge in [-0.25, -0.2) is 26.3 Å². The third-order valence-electron chi connectivity index (χ3n) is 17.5. The molecule has 8 aromatic carbocycles. The van der Waals surface area contributed by atoms with Gasteiger partial charge in [-0.3, -0.25) is 58.3 Å². The van der Waals surface area contributed by atoms with Gasteiger partial charge in [0.05, 0.1) is 15.6 Å². The quantitative estimate of drug-likeness (QED) is 0.0305. The van der Waals surface area contributed by atoms with Crippen molar-refractivity contribution in [1.82, 2.24) is 19.9 Å². The number of aryl methyl sites for hydroxylation is 3. The summed E-state index contributed by atoms with van der Waals surface area (Å²) < 4.78 is 353. The van der Waals surface area contributed by atoms with Crippen LogP contribution in [-0.4, -0.2) is 98.5 Å². The molecule has 0 saturated carbocycles. The first-order valence-corrected chi connectivity index (χ1v) is 39.0. The number of hydrogen-bond acceptors (Lipinski definition) is 21. The second kappa shape index (κ2) is 44.4. The average Bonchev–Trinajstić information content (AvgIpc) is 0.779. The van der Waals surface area contributed by atoms with Gasteiger partial charge in [0.25, 0.3) is 23.6 Å².